The van der Waals surface area contributed by atoms with Gasteiger partial charge in [-0.1, -0.05) is 19.9 Å². The second-order valence-electron chi connectivity index (χ2n) is 8.82. The van der Waals surface area contributed by atoms with E-state index >= 15 is 0 Å². The summed E-state index contributed by atoms with van der Waals surface area (Å²) >= 11 is 0. The summed E-state index contributed by atoms with van der Waals surface area (Å²) in [5, 5.41) is 13.1. The van der Waals surface area contributed by atoms with Crippen molar-refractivity contribution in [3.05, 3.63) is 42.1 Å². The molecule has 0 saturated carbocycles. The Morgan fingerprint density at radius 2 is 2.00 bits per heavy atom. The lowest BCUT2D eigenvalue weighted by atomic mass is 9.93. The number of aromatic nitrogens is 1. The molecule has 0 aliphatic carbocycles. The first-order valence-electron chi connectivity index (χ1n) is 10.6. The zero-order chi connectivity index (χ0) is 21.6. The van der Waals surface area contributed by atoms with E-state index in [4.69, 9.17) is 15.2 Å². The number of pyridine rings is 1. The molecule has 160 valence electrons. The molecule has 1 atom stereocenters. The molecule has 30 heavy (non-hydrogen) atoms. The summed E-state index contributed by atoms with van der Waals surface area (Å²) in [5.41, 5.74) is 8.37. The van der Waals surface area contributed by atoms with Crippen LogP contribution in [0.4, 0.5) is 5.82 Å². The van der Waals surface area contributed by atoms with E-state index in [0.29, 0.717) is 29.9 Å². The van der Waals surface area contributed by atoms with Crippen LogP contribution in [0.3, 0.4) is 0 Å². The largest absolute Gasteiger partial charge is 0.490 e. The molecule has 0 amide bonds. The number of hydrogen-bond donors (Lipinski definition) is 2. The Balaban J connectivity index is 1.73. The van der Waals surface area contributed by atoms with Crippen molar-refractivity contribution in [3.8, 4) is 22.9 Å². The van der Waals surface area contributed by atoms with Crippen LogP contribution < -0.4 is 15.8 Å². The molecule has 1 saturated heterocycles. The fourth-order valence-corrected chi connectivity index (χ4v) is 3.90. The molecular formula is C24H32N4O2. The molecule has 1 aliphatic rings. The first-order chi connectivity index (χ1) is 14.4. The molecule has 1 aliphatic heterocycles. The molecule has 0 unspecified atom stereocenters. The molecule has 0 bridgehead atoms. The first kappa shape index (κ1) is 22.1. The number of hydrogen-bond acceptors (Lipinski definition) is 6. The van der Waals surface area contributed by atoms with Crippen LogP contribution in [0.25, 0.3) is 11.1 Å². The highest BCUT2D eigenvalue weighted by Gasteiger charge is 2.22. The van der Waals surface area contributed by atoms with Gasteiger partial charge in [-0.3, -0.25) is 0 Å². The Kier molecular flexibility index (Phi) is 7.30. The maximum absolute atomic E-state index is 9.64. The van der Waals surface area contributed by atoms with Crippen molar-refractivity contribution in [2.75, 3.05) is 25.1 Å². The van der Waals surface area contributed by atoms with Crippen LogP contribution in [-0.4, -0.2) is 36.4 Å². The number of nitrogens with zero attached hydrogens (tertiary/aromatic N) is 2. The number of anilines is 1. The molecule has 0 radical (unpaired) electrons. The Hall–Kier alpha value is -2.62. The van der Waals surface area contributed by atoms with Crippen LogP contribution in [0.1, 0.15) is 45.6 Å². The molecule has 3 N–H and O–H groups in total. The molecule has 3 rings (SSSR count). The van der Waals surface area contributed by atoms with Crippen LogP contribution in [-0.2, 0) is 4.74 Å². The maximum atomic E-state index is 9.64. The number of nitrogens with two attached hydrogens (primary N) is 1. The zero-order valence-electron chi connectivity index (χ0n) is 18.1. The summed E-state index contributed by atoms with van der Waals surface area (Å²) in [5.74, 6) is 1.89. The minimum absolute atomic E-state index is 0.369. The van der Waals surface area contributed by atoms with E-state index in [1.807, 2.05) is 37.3 Å². The van der Waals surface area contributed by atoms with Crippen molar-refractivity contribution < 1.29 is 9.47 Å². The van der Waals surface area contributed by atoms with Crippen LogP contribution in [0.2, 0.25) is 0 Å². The lowest BCUT2D eigenvalue weighted by molar-refractivity contribution is 0.0904. The van der Waals surface area contributed by atoms with Crippen LogP contribution in [0.5, 0.6) is 5.75 Å². The van der Waals surface area contributed by atoms with Crippen molar-refractivity contribution in [2.45, 2.75) is 51.6 Å². The highest BCUT2D eigenvalue weighted by molar-refractivity contribution is 5.69. The summed E-state index contributed by atoms with van der Waals surface area (Å²) < 4.78 is 11.3. The van der Waals surface area contributed by atoms with Crippen molar-refractivity contribution in [1.82, 2.24) is 4.98 Å². The van der Waals surface area contributed by atoms with Gasteiger partial charge in [0.2, 0.25) is 0 Å². The molecule has 2 aromatic rings. The van der Waals surface area contributed by atoms with E-state index < -0.39 is 5.54 Å². The summed E-state index contributed by atoms with van der Waals surface area (Å²) in [7, 11) is 0. The second-order valence-corrected chi connectivity index (χ2v) is 8.82. The lowest BCUT2D eigenvalue weighted by Crippen LogP contribution is -2.43. The minimum atomic E-state index is -0.435. The summed E-state index contributed by atoms with van der Waals surface area (Å²) in [6, 6.07) is 12.3. The summed E-state index contributed by atoms with van der Waals surface area (Å²) in [6.07, 6.45) is 4.60. The summed E-state index contributed by atoms with van der Waals surface area (Å²) in [6.45, 7) is 8.19. The normalized spacial score (nSPS) is 16.7. The highest BCUT2D eigenvalue weighted by atomic mass is 16.5. The van der Waals surface area contributed by atoms with Gasteiger partial charge in [0.25, 0.3) is 0 Å². The minimum Gasteiger partial charge on any atom is -0.490 e. The average molecular weight is 409 g/mol. The Morgan fingerprint density at radius 1 is 1.27 bits per heavy atom. The number of nitrogens with one attached hydrogen (secondary N) is 1. The van der Waals surface area contributed by atoms with Crippen molar-refractivity contribution in [1.29, 1.82) is 5.26 Å². The van der Waals surface area contributed by atoms with E-state index in [-0.39, 0.29) is 0 Å². The molecule has 2 heterocycles. The summed E-state index contributed by atoms with van der Waals surface area (Å²) in [4.78, 5) is 4.44. The predicted octanol–water partition coefficient (Wildman–Crippen LogP) is 4.35. The SMILES string of the molecule is CC(C)C[C@](C)(N)COc1ccc(-c2ccnc(NC3CCOCC3)c2)cc1C#N. The molecule has 1 aromatic carbocycles. The quantitative estimate of drug-likeness (QED) is 0.674. The molecule has 1 fully saturated rings. The fourth-order valence-electron chi connectivity index (χ4n) is 3.90. The third-order valence-corrected chi connectivity index (χ3v) is 5.20. The van der Waals surface area contributed by atoms with Crippen LogP contribution in [0, 0.1) is 17.2 Å². The molecule has 0 spiro atoms. The van der Waals surface area contributed by atoms with Gasteiger partial charge in [-0.2, -0.15) is 5.26 Å². The third-order valence-electron chi connectivity index (χ3n) is 5.20. The molecule has 1 aromatic heterocycles. The number of ether oxygens (including phenoxy) is 2. The van der Waals surface area contributed by atoms with Crippen LogP contribution >= 0.6 is 0 Å². The van der Waals surface area contributed by atoms with Gasteiger partial charge >= 0.3 is 0 Å². The Labute approximate surface area is 179 Å². The standard InChI is InChI=1S/C24H32N4O2/c1-17(2)14-24(3,26)16-30-22-5-4-18(12-20(22)15-25)19-6-9-27-23(13-19)28-21-7-10-29-11-8-21/h4-6,9,12-13,17,21H,7-8,10-11,14,16,26H2,1-3H3,(H,27,28)/t24-/m0/s1. The van der Waals surface area contributed by atoms with E-state index in [1.54, 1.807) is 6.20 Å². The Bertz CT molecular complexity index is 883. The van der Waals surface area contributed by atoms with Gasteiger partial charge < -0.3 is 20.5 Å². The number of nitriles is 1. The topological polar surface area (TPSA) is 93.2 Å². The zero-order valence-corrected chi connectivity index (χ0v) is 18.1. The molecule has 6 heteroatoms. The predicted molar refractivity (Wildman–Crippen MR) is 119 cm³/mol. The van der Waals surface area contributed by atoms with Gasteiger partial charge in [0.1, 0.15) is 24.2 Å². The van der Waals surface area contributed by atoms with Crippen molar-refractivity contribution >= 4 is 5.82 Å². The van der Waals surface area contributed by atoms with E-state index in [2.05, 4.69) is 30.2 Å². The van der Waals surface area contributed by atoms with E-state index in [1.165, 1.54) is 0 Å². The van der Waals surface area contributed by atoms with Crippen molar-refractivity contribution in [3.63, 3.8) is 0 Å². The third kappa shape index (κ3) is 6.19. The smallest absolute Gasteiger partial charge is 0.137 e. The first-order valence-corrected chi connectivity index (χ1v) is 10.6. The second kappa shape index (κ2) is 9.92. The van der Waals surface area contributed by atoms with Gasteiger partial charge in [-0.25, -0.2) is 4.98 Å². The monoisotopic (exact) mass is 408 g/mol. The van der Waals surface area contributed by atoms with Crippen LogP contribution in [0.15, 0.2) is 36.5 Å². The molecular weight excluding hydrogens is 376 g/mol. The lowest BCUT2D eigenvalue weighted by Gasteiger charge is -2.27. The average Bonchev–Trinajstić information content (AvgIpc) is 2.72. The van der Waals surface area contributed by atoms with E-state index in [9.17, 15) is 5.26 Å². The fraction of sp³-hybridized carbons (Fsp3) is 0.500. The maximum Gasteiger partial charge on any atom is 0.137 e. The highest BCUT2D eigenvalue weighted by Crippen LogP contribution is 2.28. The van der Waals surface area contributed by atoms with E-state index in [0.717, 1.165) is 49.4 Å². The van der Waals surface area contributed by atoms with Gasteiger partial charge in [-0.05, 0) is 67.5 Å². The number of benzene rings is 1. The number of rotatable bonds is 8. The van der Waals surface area contributed by atoms with Gasteiger partial charge in [-0.15, -0.1) is 0 Å². The van der Waals surface area contributed by atoms with Crippen molar-refractivity contribution in [2.24, 2.45) is 11.7 Å². The Morgan fingerprint density at radius 3 is 2.70 bits per heavy atom. The van der Waals surface area contributed by atoms with Gasteiger partial charge in [0, 0.05) is 31.0 Å². The van der Waals surface area contributed by atoms with Gasteiger partial charge in [0.15, 0.2) is 0 Å². The van der Waals surface area contributed by atoms with Gasteiger partial charge in [0.05, 0.1) is 5.56 Å². The molecule has 6 nitrogen and oxygen atoms in total.